The highest BCUT2D eigenvalue weighted by Crippen LogP contribution is 2.27. The maximum Gasteiger partial charge on any atom is 0.130 e. The van der Waals surface area contributed by atoms with E-state index in [1.807, 2.05) is 0 Å². The molecule has 0 spiro atoms. The summed E-state index contributed by atoms with van der Waals surface area (Å²) in [6.07, 6.45) is 5.65. The number of piperidine rings is 1. The zero-order valence-electron chi connectivity index (χ0n) is 10.3. The molecular weight excluding hydrogens is 255 g/mol. The van der Waals surface area contributed by atoms with Gasteiger partial charge in [-0.25, -0.2) is 4.98 Å². The second kappa shape index (κ2) is 5.55. The summed E-state index contributed by atoms with van der Waals surface area (Å²) in [7, 11) is 0. The van der Waals surface area contributed by atoms with Crippen LogP contribution in [-0.2, 0) is 6.54 Å². The third-order valence-electron chi connectivity index (χ3n) is 3.63. The highest BCUT2D eigenvalue weighted by atomic mass is 35.5. The van der Waals surface area contributed by atoms with E-state index in [0.29, 0.717) is 17.2 Å². The number of rotatable bonds is 2. The van der Waals surface area contributed by atoms with Gasteiger partial charge in [-0.2, -0.15) is 0 Å². The van der Waals surface area contributed by atoms with Gasteiger partial charge in [0.25, 0.3) is 0 Å². The molecule has 0 radical (unpaired) electrons. The molecule has 0 saturated carbocycles. The first-order valence-corrected chi connectivity index (χ1v) is 6.89. The largest absolute Gasteiger partial charge is 0.294 e. The molecule has 2 heterocycles. The predicted octanol–water partition coefficient (Wildman–Crippen LogP) is 4.15. The van der Waals surface area contributed by atoms with Crippen molar-refractivity contribution in [3.8, 4) is 0 Å². The zero-order valence-corrected chi connectivity index (χ0v) is 11.8. The minimum atomic E-state index is 0.457. The van der Waals surface area contributed by atoms with Crippen LogP contribution in [0.25, 0.3) is 0 Å². The summed E-state index contributed by atoms with van der Waals surface area (Å²) in [6, 6.07) is 2.95. The van der Waals surface area contributed by atoms with Crippen LogP contribution >= 0.6 is 23.2 Å². The van der Waals surface area contributed by atoms with E-state index in [4.69, 9.17) is 23.2 Å². The molecule has 2 rings (SSSR count). The van der Waals surface area contributed by atoms with Gasteiger partial charge in [0.15, 0.2) is 0 Å². The molecule has 17 heavy (non-hydrogen) atoms. The van der Waals surface area contributed by atoms with Crippen molar-refractivity contribution in [2.75, 3.05) is 0 Å². The molecule has 1 aliphatic rings. The van der Waals surface area contributed by atoms with Crippen LogP contribution in [0, 0.1) is 0 Å². The molecule has 2 nitrogen and oxygen atoms in total. The molecule has 1 saturated heterocycles. The van der Waals surface area contributed by atoms with Crippen molar-refractivity contribution in [2.24, 2.45) is 0 Å². The Hall–Kier alpha value is -0.310. The standard InChI is InChI=1S/C13H18Cl2N2/c1-9-4-3-5-10(2)17(9)8-11-7-16-13(15)6-12(11)14/h6-7,9-10H,3-5,8H2,1-2H3. The summed E-state index contributed by atoms with van der Waals surface area (Å²) in [5.41, 5.74) is 1.07. The van der Waals surface area contributed by atoms with Crippen LogP contribution < -0.4 is 0 Å². The quantitative estimate of drug-likeness (QED) is 0.752. The summed E-state index contributed by atoms with van der Waals surface area (Å²) < 4.78 is 0. The summed E-state index contributed by atoms with van der Waals surface area (Å²) in [5.74, 6) is 0. The van der Waals surface area contributed by atoms with E-state index in [2.05, 4.69) is 23.7 Å². The predicted molar refractivity (Wildman–Crippen MR) is 72.6 cm³/mol. The highest BCUT2D eigenvalue weighted by molar-refractivity contribution is 6.34. The average Bonchev–Trinajstić information content (AvgIpc) is 2.26. The van der Waals surface area contributed by atoms with Crippen LogP contribution in [0.3, 0.4) is 0 Å². The maximum absolute atomic E-state index is 6.19. The Bertz CT molecular complexity index is 385. The van der Waals surface area contributed by atoms with E-state index in [1.54, 1.807) is 12.3 Å². The van der Waals surface area contributed by atoms with Crippen molar-refractivity contribution in [3.05, 3.63) is 28.0 Å². The van der Waals surface area contributed by atoms with Gasteiger partial charge in [0.05, 0.1) is 0 Å². The molecule has 94 valence electrons. The van der Waals surface area contributed by atoms with E-state index >= 15 is 0 Å². The van der Waals surface area contributed by atoms with Crippen molar-refractivity contribution in [1.82, 2.24) is 9.88 Å². The van der Waals surface area contributed by atoms with Gasteiger partial charge in [0.1, 0.15) is 5.15 Å². The fourth-order valence-corrected chi connectivity index (χ4v) is 2.96. The van der Waals surface area contributed by atoms with Crippen molar-refractivity contribution in [2.45, 2.75) is 51.7 Å². The van der Waals surface area contributed by atoms with Crippen LogP contribution in [0.1, 0.15) is 38.7 Å². The van der Waals surface area contributed by atoms with Crippen LogP contribution in [0.4, 0.5) is 0 Å². The number of aromatic nitrogens is 1. The second-order valence-corrected chi connectivity index (χ2v) is 5.69. The third kappa shape index (κ3) is 3.12. The molecule has 2 atom stereocenters. The summed E-state index contributed by atoms with van der Waals surface area (Å²) in [6.45, 7) is 5.44. The van der Waals surface area contributed by atoms with E-state index in [1.165, 1.54) is 19.3 Å². The summed E-state index contributed by atoms with van der Waals surface area (Å²) in [5, 5.41) is 1.17. The van der Waals surface area contributed by atoms with Crippen LogP contribution in [0.5, 0.6) is 0 Å². The summed E-state index contributed by atoms with van der Waals surface area (Å²) in [4.78, 5) is 6.61. The van der Waals surface area contributed by atoms with Gasteiger partial charge < -0.3 is 0 Å². The Morgan fingerprint density at radius 2 is 1.94 bits per heavy atom. The highest BCUT2D eigenvalue weighted by Gasteiger charge is 2.25. The first kappa shape index (κ1) is 13.1. The molecule has 4 heteroatoms. The molecule has 0 aromatic carbocycles. The molecule has 2 unspecified atom stereocenters. The lowest BCUT2D eigenvalue weighted by atomic mass is 9.97. The van der Waals surface area contributed by atoms with Gasteiger partial charge >= 0.3 is 0 Å². The Labute approximate surface area is 113 Å². The number of halogens is 2. The van der Waals surface area contributed by atoms with Gasteiger partial charge in [-0.1, -0.05) is 29.6 Å². The van der Waals surface area contributed by atoms with E-state index < -0.39 is 0 Å². The molecule has 1 aromatic rings. The smallest absolute Gasteiger partial charge is 0.130 e. The Balaban J connectivity index is 2.13. The molecular formula is C13H18Cl2N2. The fraction of sp³-hybridized carbons (Fsp3) is 0.615. The van der Waals surface area contributed by atoms with E-state index in [9.17, 15) is 0 Å². The number of hydrogen-bond donors (Lipinski definition) is 0. The monoisotopic (exact) mass is 272 g/mol. The Morgan fingerprint density at radius 3 is 2.53 bits per heavy atom. The number of likely N-dealkylation sites (tertiary alicyclic amines) is 1. The Kier molecular flexibility index (Phi) is 4.29. The molecule has 1 fully saturated rings. The molecule has 1 aliphatic heterocycles. The van der Waals surface area contributed by atoms with Crippen LogP contribution in [-0.4, -0.2) is 22.0 Å². The normalized spacial score (nSPS) is 26.1. The first-order chi connectivity index (χ1) is 8.08. The molecule has 1 aromatic heterocycles. The lowest BCUT2D eigenvalue weighted by molar-refractivity contribution is 0.0952. The minimum Gasteiger partial charge on any atom is -0.294 e. The first-order valence-electron chi connectivity index (χ1n) is 6.13. The average molecular weight is 273 g/mol. The second-order valence-electron chi connectivity index (χ2n) is 4.90. The number of pyridine rings is 1. The van der Waals surface area contributed by atoms with Gasteiger partial charge in [-0.15, -0.1) is 0 Å². The van der Waals surface area contributed by atoms with Crippen molar-refractivity contribution in [1.29, 1.82) is 0 Å². The topological polar surface area (TPSA) is 16.1 Å². The molecule has 0 amide bonds. The van der Waals surface area contributed by atoms with Gasteiger partial charge in [-0.3, -0.25) is 4.90 Å². The number of nitrogens with zero attached hydrogens (tertiary/aromatic N) is 2. The number of hydrogen-bond acceptors (Lipinski definition) is 2. The minimum absolute atomic E-state index is 0.457. The third-order valence-corrected chi connectivity index (χ3v) is 4.18. The fourth-order valence-electron chi connectivity index (χ4n) is 2.54. The lowest BCUT2D eigenvalue weighted by Crippen LogP contribution is -2.43. The van der Waals surface area contributed by atoms with Crippen molar-refractivity contribution < 1.29 is 0 Å². The van der Waals surface area contributed by atoms with Gasteiger partial charge in [-0.05, 0) is 32.8 Å². The van der Waals surface area contributed by atoms with Crippen LogP contribution in [0.15, 0.2) is 12.3 Å². The van der Waals surface area contributed by atoms with Gasteiger partial charge in [0, 0.05) is 35.4 Å². The Morgan fingerprint density at radius 1 is 1.29 bits per heavy atom. The van der Waals surface area contributed by atoms with E-state index in [-0.39, 0.29) is 0 Å². The van der Waals surface area contributed by atoms with Crippen molar-refractivity contribution in [3.63, 3.8) is 0 Å². The molecule has 0 aliphatic carbocycles. The van der Waals surface area contributed by atoms with Crippen LogP contribution in [0.2, 0.25) is 10.2 Å². The lowest BCUT2D eigenvalue weighted by Gasteiger charge is -2.39. The SMILES string of the molecule is CC1CCCC(C)N1Cc1cnc(Cl)cc1Cl. The summed E-state index contributed by atoms with van der Waals surface area (Å²) >= 11 is 12.0. The van der Waals surface area contributed by atoms with Gasteiger partial charge in [0.2, 0.25) is 0 Å². The molecule has 0 bridgehead atoms. The van der Waals surface area contributed by atoms with E-state index in [0.717, 1.165) is 17.1 Å². The maximum atomic E-state index is 6.19. The molecule has 0 N–H and O–H groups in total. The zero-order chi connectivity index (χ0) is 12.4. The van der Waals surface area contributed by atoms with Crippen molar-refractivity contribution >= 4 is 23.2 Å².